The second-order valence-corrected chi connectivity index (χ2v) is 8.92. The third-order valence-electron chi connectivity index (χ3n) is 4.85. The highest BCUT2D eigenvalue weighted by atomic mass is 32.1. The molecule has 4 rings (SSSR count). The molecule has 2 amide bonds. The maximum atomic E-state index is 12.4. The van der Waals surface area contributed by atoms with Crippen LogP contribution in [0.4, 0.5) is 0 Å². The van der Waals surface area contributed by atoms with Crippen LogP contribution in [0.15, 0.2) is 27.4 Å². The number of hydrazine groups is 1. The smallest absolute Gasteiger partial charge is 0.279 e. The van der Waals surface area contributed by atoms with Crippen LogP contribution in [0.5, 0.6) is 0 Å². The van der Waals surface area contributed by atoms with Crippen molar-refractivity contribution in [3.8, 4) is 11.4 Å². The summed E-state index contributed by atoms with van der Waals surface area (Å²) in [5.41, 5.74) is 7.16. The van der Waals surface area contributed by atoms with Crippen molar-refractivity contribution in [1.29, 1.82) is 0 Å². The van der Waals surface area contributed by atoms with Gasteiger partial charge < -0.3 is 4.52 Å². The first-order chi connectivity index (χ1) is 14.2. The van der Waals surface area contributed by atoms with Crippen LogP contribution in [-0.4, -0.2) is 22.0 Å². The Labute approximate surface area is 176 Å². The average Bonchev–Trinajstić information content (AvgIpc) is 3.45. The maximum Gasteiger partial charge on any atom is 0.279 e. The number of amides is 2. The fourth-order valence-electron chi connectivity index (χ4n) is 3.29. The lowest BCUT2D eigenvalue weighted by Gasteiger charge is -2.07. The van der Waals surface area contributed by atoms with Gasteiger partial charge in [-0.3, -0.25) is 20.4 Å². The first kappa shape index (κ1) is 19.8. The van der Waals surface area contributed by atoms with E-state index in [1.807, 2.05) is 22.9 Å². The molecule has 0 bridgehead atoms. The molecule has 0 unspecified atom stereocenters. The van der Waals surface area contributed by atoms with Crippen molar-refractivity contribution in [3.63, 3.8) is 0 Å². The molecule has 29 heavy (non-hydrogen) atoms. The van der Waals surface area contributed by atoms with Gasteiger partial charge in [-0.15, -0.1) is 11.3 Å². The Hall–Kier alpha value is -2.52. The minimum absolute atomic E-state index is 0.145. The SMILES string of the molecule is O=C(CCc1nc(-c2ccsc2)no1)NNC(=O)c1cc2c(s1)CCCCCC2. The molecule has 3 aromatic heterocycles. The van der Waals surface area contributed by atoms with E-state index in [0.717, 1.165) is 18.4 Å². The summed E-state index contributed by atoms with van der Waals surface area (Å²) in [5, 5.41) is 7.79. The van der Waals surface area contributed by atoms with Crippen LogP contribution in [0.1, 0.15) is 58.1 Å². The van der Waals surface area contributed by atoms with E-state index >= 15 is 0 Å². The molecule has 0 fully saturated rings. The minimum atomic E-state index is -0.302. The van der Waals surface area contributed by atoms with Gasteiger partial charge in [0, 0.05) is 28.7 Å². The van der Waals surface area contributed by atoms with Crippen molar-refractivity contribution in [3.05, 3.63) is 44.1 Å². The Morgan fingerprint density at radius 2 is 2.00 bits per heavy atom. The van der Waals surface area contributed by atoms with Crippen LogP contribution in [0, 0.1) is 0 Å². The Kier molecular flexibility index (Phi) is 6.36. The predicted octanol–water partition coefficient (Wildman–Crippen LogP) is 3.91. The summed E-state index contributed by atoms with van der Waals surface area (Å²) < 4.78 is 5.18. The zero-order chi connectivity index (χ0) is 20.1. The molecule has 1 aliphatic carbocycles. The van der Waals surface area contributed by atoms with Gasteiger partial charge in [-0.25, -0.2) is 0 Å². The van der Waals surface area contributed by atoms with Crippen LogP contribution in [0.3, 0.4) is 0 Å². The average molecular weight is 431 g/mol. The van der Waals surface area contributed by atoms with E-state index in [1.165, 1.54) is 47.5 Å². The number of aryl methyl sites for hydroxylation is 3. The second-order valence-electron chi connectivity index (χ2n) is 7.00. The van der Waals surface area contributed by atoms with Gasteiger partial charge in [0.1, 0.15) is 0 Å². The number of carbonyl (C=O) groups excluding carboxylic acids is 2. The molecule has 0 aliphatic heterocycles. The van der Waals surface area contributed by atoms with Crippen molar-refractivity contribution in [2.24, 2.45) is 0 Å². The number of aromatic nitrogens is 2. The normalized spacial score (nSPS) is 13.9. The number of fused-ring (bicyclic) bond motifs is 1. The number of carbonyl (C=O) groups is 2. The van der Waals surface area contributed by atoms with Crippen LogP contribution in [0.25, 0.3) is 11.4 Å². The summed E-state index contributed by atoms with van der Waals surface area (Å²) in [6, 6.07) is 3.88. The molecule has 2 N–H and O–H groups in total. The van der Waals surface area contributed by atoms with E-state index in [1.54, 1.807) is 11.3 Å². The summed E-state index contributed by atoms with van der Waals surface area (Å²) in [6.45, 7) is 0. The van der Waals surface area contributed by atoms with Crippen molar-refractivity contribution >= 4 is 34.5 Å². The molecular weight excluding hydrogens is 408 g/mol. The van der Waals surface area contributed by atoms with Crippen molar-refractivity contribution in [1.82, 2.24) is 21.0 Å². The highest BCUT2D eigenvalue weighted by molar-refractivity contribution is 7.14. The molecule has 0 aromatic carbocycles. The predicted molar refractivity (Wildman–Crippen MR) is 112 cm³/mol. The lowest BCUT2D eigenvalue weighted by atomic mass is 10.00. The molecular formula is C20H22N4O3S2. The number of rotatable bonds is 5. The molecule has 0 atom stereocenters. The van der Waals surface area contributed by atoms with Gasteiger partial charge in [0.25, 0.3) is 5.91 Å². The topological polar surface area (TPSA) is 97.1 Å². The lowest BCUT2D eigenvalue weighted by molar-refractivity contribution is -0.121. The Morgan fingerprint density at radius 3 is 2.83 bits per heavy atom. The van der Waals surface area contributed by atoms with E-state index in [-0.39, 0.29) is 18.2 Å². The van der Waals surface area contributed by atoms with Crippen molar-refractivity contribution in [2.45, 2.75) is 51.4 Å². The second kappa shape index (κ2) is 9.32. The molecule has 3 aromatic rings. The lowest BCUT2D eigenvalue weighted by Crippen LogP contribution is -2.41. The number of nitrogens with one attached hydrogen (secondary N) is 2. The number of nitrogens with zero attached hydrogens (tertiary/aromatic N) is 2. The highest BCUT2D eigenvalue weighted by Gasteiger charge is 2.17. The summed E-state index contributed by atoms with van der Waals surface area (Å²) in [4.78, 5) is 30.7. The fourth-order valence-corrected chi connectivity index (χ4v) is 5.08. The Bertz CT molecular complexity index is 952. The molecule has 0 radical (unpaired) electrons. The number of hydrogen-bond acceptors (Lipinski definition) is 7. The molecule has 0 spiro atoms. The first-order valence-electron chi connectivity index (χ1n) is 9.75. The number of hydrogen-bond donors (Lipinski definition) is 2. The molecule has 3 heterocycles. The summed E-state index contributed by atoms with van der Waals surface area (Å²) in [6.07, 6.45) is 7.38. The molecule has 1 aliphatic rings. The Balaban J connectivity index is 1.25. The molecule has 9 heteroatoms. The summed E-state index contributed by atoms with van der Waals surface area (Å²) in [7, 11) is 0. The molecule has 152 valence electrons. The van der Waals surface area contributed by atoms with Gasteiger partial charge in [-0.2, -0.15) is 16.3 Å². The molecule has 0 saturated carbocycles. The van der Waals surface area contributed by atoms with Gasteiger partial charge in [-0.1, -0.05) is 18.0 Å². The van der Waals surface area contributed by atoms with E-state index in [9.17, 15) is 9.59 Å². The van der Waals surface area contributed by atoms with E-state index in [0.29, 0.717) is 23.0 Å². The zero-order valence-electron chi connectivity index (χ0n) is 15.9. The molecule has 0 saturated heterocycles. The van der Waals surface area contributed by atoms with E-state index in [2.05, 4.69) is 21.0 Å². The standard InChI is InChI=1S/C20H22N4O3S2/c25-17(7-8-18-21-19(24-27-18)14-9-10-28-12-14)22-23-20(26)16-11-13-5-3-1-2-4-6-15(13)29-16/h9-12H,1-8H2,(H,22,25)(H,23,26). The summed E-state index contributed by atoms with van der Waals surface area (Å²) >= 11 is 3.09. The van der Waals surface area contributed by atoms with E-state index < -0.39 is 0 Å². The first-order valence-corrected chi connectivity index (χ1v) is 11.5. The van der Waals surface area contributed by atoms with Gasteiger partial charge in [-0.05, 0) is 48.8 Å². The van der Waals surface area contributed by atoms with Gasteiger partial charge in [0.05, 0.1) is 4.88 Å². The van der Waals surface area contributed by atoms with Crippen LogP contribution in [-0.2, 0) is 24.1 Å². The highest BCUT2D eigenvalue weighted by Crippen LogP contribution is 2.28. The Morgan fingerprint density at radius 1 is 1.14 bits per heavy atom. The minimum Gasteiger partial charge on any atom is -0.339 e. The van der Waals surface area contributed by atoms with Crippen molar-refractivity contribution < 1.29 is 14.1 Å². The fraction of sp³-hybridized carbons (Fsp3) is 0.400. The summed E-state index contributed by atoms with van der Waals surface area (Å²) in [5.74, 6) is 0.338. The number of thiophene rings is 2. The molecule has 7 nitrogen and oxygen atoms in total. The zero-order valence-corrected chi connectivity index (χ0v) is 17.5. The monoisotopic (exact) mass is 430 g/mol. The van der Waals surface area contributed by atoms with Gasteiger partial charge in [0.15, 0.2) is 0 Å². The van der Waals surface area contributed by atoms with Crippen LogP contribution >= 0.6 is 22.7 Å². The third kappa shape index (κ3) is 5.10. The quantitative estimate of drug-likeness (QED) is 0.598. The van der Waals surface area contributed by atoms with E-state index in [4.69, 9.17) is 4.52 Å². The largest absolute Gasteiger partial charge is 0.339 e. The van der Waals surface area contributed by atoms with Gasteiger partial charge in [0.2, 0.25) is 17.6 Å². The maximum absolute atomic E-state index is 12.4. The van der Waals surface area contributed by atoms with Crippen LogP contribution < -0.4 is 10.9 Å². The third-order valence-corrected chi connectivity index (χ3v) is 6.77. The van der Waals surface area contributed by atoms with Crippen molar-refractivity contribution in [2.75, 3.05) is 0 Å². The van der Waals surface area contributed by atoms with Crippen LogP contribution in [0.2, 0.25) is 0 Å². The van der Waals surface area contributed by atoms with Gasteiger partial charge >= 0.3 is 0 Å².